The lowest BCUT2D eigenvalue weighted by molar-refractivity contribution is -0.122. The van der Waals surface area contributed by atoms with Gasteiger partial charge in [0.15, 0.2) is 0 Å². The van der Waals surface area contributed by atoms with E-state index < -0.39 is 0 Å². The van der Waals surface area contributed by atoms with Crippen molar-refractivity contribution in [2.75, 3.05) is 13.1 Å². The first-order valence-corrected chi connectivity index (χ1v) is 9.69. The average molecular weight is 338 g/mol. The Hall–Kier alpha value is -1.87. The molecule has 0 radical (unpaired) electrons. The second-order valence-corrected chi connectivity index (χ2v) is 7.26. The largest absolute Gasteiger partial charge is 0.353 e. The van der Waals surface area contributed by atoms with Crippen LogP contribution in [-0.2, 0) is 4.79 Å². The Bertz CT molecular complexity index is 704. The van der Waals surface area contributed by atoms with E-state index in [4.69, 9.17) is 0 Å². The number of rotatable bonds is 6. The lowest BCUT2D eigenvalue weighted by atomic mass is 9.98. The van der Waals surface area contributed by atoms with Gasteiger partial charge in [-0.05, 0) is 48.6 Å². The maximum atomic E-state index is 11.9. The minimum atomic E-state index is 0.225. The fourth-order valence-electron chi connectivity index (χ4n) is 3.75. The number of piperidine rings is 1. The number of unbranched alkanes of at least 4 members (excludes halogenated alkanes) is 1. The van der Waals surface area contributed by atoms with Crippen molar-refractivity contribution in [3.63, 3.8) is 0 Å². The number of likely N-dealkylation sites (tertiary alicyclic amines) is 1. The average Bonchev–Trinajstić information content (AvgIpc) is 2.66. The van der Waals surface area contributed by atoms with Gasteiger partial charge in [-0.3, -0.25) is 9.69 Å². The number of hydrogen-bond donors (Lipinski definition) is 1. The molecule has 1 unspecified atom stereocenters. The van der Waals surface area contributed by atoms with Crippen LogP contribution in [0, 0.1) is 0 Å². The van der Waals surface area contributed by atoms with Crippen LogP contribution in [0.1, 0.15) is 57.6 Å². The fraction of sp³-hybridized carbons (Fsp3) is 0.500. The quantitative estimate of drug-likeness (QED) is 0.830. The van der Waals surface area contributed by atoms with E-state index in [1.165, 1.54) is 16.3 Å². The Labute approximate surface area is 151 Å². The lowest BCUT2D eigenvalue weighted by Gasteiger charge is -2.36. The third-order valence-corrected chi connectivity index (χ3v) is 5.46. The molecule has 3 nitrogen and oxygen atoms in total. The molecule has 0 bridgehead atoms. The van der Waals surface area contributed by atoms with Gasteiger partial charge >= 0.3 is 0 Å². The van der Waals surface area contributed by atoms with Crippen LogP contribution in [0.4, 0.5) is 0 Å². The monoisotopic (exact) mass is 338 g/mol. The summed E-state index contributed by atoms with van der Waals surface area (Å²) in [5.41, 5.74) is 1.38. The SMILES string of the molecule is CCCCC(=O)NC1CCN(C(C)c2ccc3ccccc3c2)CC1. The second-order valence-electron chi connectivity index (χ2n) is 7.26. The summed E-state index contributed by atoms with van der Waals surface area (Å²) in [6, 6.07) is 16.1. The molecule has 0 aliphatic carbocycles. The molecule has 1 aliphatic heterocycles. The summed E-state index contributed by atoms with van der Waals surface area (Å²) in [6.45, 7) is 6.52. The molecule has 1 amide bonds. The van der Waals surface area contributed by atoms with Crippen LogP contribution >= 0.6 is 0 Å². The van der Waals surface area contributed by atoms with Crippen LogP contribution < -0.4 is 5.32 Å². The van der Waals surface area contributed by atoms with Gasteiger partial charge in [0.25, 0.3) is 0 Å². The minimum absolute atomic E-state index is 0.225. The van der Waals surface area contributed by atoms with Crippen LogP contribution in [0.15, 0.2) is 42.5 Å². The van der Waals surface area contributed by atoms with Crippen molar-refractivity contribution in [1.82, 2.24) is 10.2 Å². The molecule has 1 atom stereocenters. The summed E-state index contributed by atoms with van der Waals surface area (Å²) in [7, 11) is 0. The maximum Gasteiger partial charge on any atom is 0.220 e. The molecule has 3 rings (SSSR count). The second kappa shape index (κ2) is 8.48. The predicted octanol–water partition coefficient (Wildman–Crippen LogP) is 4.67. The van der Waals surface area contributed by atoms with Gasteiger partial charge < -0.3 is 5.32 Å². The number of amides is 1. The predicted molar refractivity (Wildman–Crippen MR) is 105 cm³/mol. The smallest absolute Gasteiger partial charge is 0.220 e. The number of nitrogens with zero attached hydrogens (tertiary/aromatic N) is 1. The molecule has 2 aromatic carbocycles. The highest BCUT2D eigenvalue weighted by Crippen LogP contribution is 2.27. The molecule has 134 valence electrons. The first-order chi connectivity index (χ1) is 12.2. The lowest BCUT2D eigenvalue weighted by Crippen LogP contribution is -2.45. The first-order valence-electron chi connectivity index (χ1n) is 9.69. The first kappa shape index (κ1) is 17.9. The highest BCUT2D eigenvalue weighted by atomic mass is 16.1. The Balaban J connectivity index is 1.55. The van der Waals surface area contributed by atoms with E-state index >= 15 is 0 Å². The van der Waals surface area contributed by atoms with Crippen molar-refractivity contribution >= 4 is 16.7 Å². The van der Waals surface area contributed by atoms with Crippen LogP contribution in [-0.4, -0.2) is 29.9 Å². The van der Waals surface area contributed by atoms with Gasteiger partial charge in [0.05, 0.1) is 0 Å². The van der Waals surface area contributed by atoms with Gasteiger partial charge in [0.2, 0.25) is 5.91 Å². The van der Waals surface area contributed by atoms with E-state index in [1.807, 2.05) is 0 Å². The van der Waals surface area contributed by atoms with E-state index in [0.717, 1.165) is 38.8 Å². The van der Waals surface area contributed by atoms with E-state index in [2.05, 4.69) is 66.5 Å². The molecule has 0 saturated carbocycles. The molecular formula is C22H30N2O. The van der Waals surface area contributed by atoms with Crippen LogP contribution in [0.2, 0.25) is 0 Å². The zero-order valence-corrected chi connectivity index (χ0v) is 15.5. The van der Waals surface area contributed by atoms with E-state index in [1.54, 1.807) is 0 Å². The van der Waals surface area contributed by atoms with E-state index in [9.17, 15) is 4.79 Å². The third kappa shape index (κ3) is 4.60. The minimum Gasteiger partial charge on any atom is -0.353 e. The van der Waals surface area contributed by atoms with E-state index in [-0.39, 0.29) is 5.91 Å². The number of nitrogens with one attached hydrogen (secondary N) is 1. The van der Waals surface area contributed by atoms with Gasteiger partial charge in [-0.25, -0.2) is 0 Å². The van der Waals surface area contributed by atoms with Crippen molar-refractivity contribution < 1.29 is 4.79 Å². The Morgan fingerprint density at radius 1 is 1.16 bits per heavy atom. The number of hydrogen-bond acceptors (Lipinski definition) is 2. The van der Waals surface area contributed by atoms with Gasteiger partial charge in [-0.15, -0.1) is 0 Å². The standard InChI is InChI=1S/C22H30N2O/c1-3-4-9-22(25)23-21-12-14-24(15-13-21)17(2)19-11-10-18-7-5-6-8-20(18)16-19/h5-8,10-11,16-17,21H,3-4,9,12-15H2,1-2H3,(H,23,25). The molecular weight excluding hydrogens is 308 g/mol. The summed E-state index contributed by atoms with van der Waals surface area (Å²) >= 11 is 0. The maximum absolute atomic E-state index is 11.9. The molecule has 1 heterocycles. The molecule has 0 aromatic heterocycles. The summed E-state index contributed by atoms with van der Waals surface area (Å²) in [4.78, 5) is 14.4. The summed E-state index contributed by atoms with van der Waals surface area (Å²) in [5, 5.41) is 5.82. The summed E-state index contributed by atoms with van der Waals surface area (Å²) in [5.74, 6) is 0.225. The zero-order valence-electron chi connectivity index (χ0n) is 15.5. The van der Waals surface area contributed by atoms with Crippen molar-refractivity contribution in [3.8, 4) is 0 Å². The molecule has 1 aliphatic rings. The van der Waals surface area contributed by atoms with Gasteiger partial charge in [0, 0.05) is 31.6 Å². The topological polar surface area (TPSA) is 32.3 Å². The molecule has 1 fully saturated rings. The molecule has 0 spiro atoms. The Morgan fingerprint density at radius 2 is 1.88 bits per heavy atom. The highest BCUT2D eigenvalue weighted by molar-refractivity contribution is 5.83. The molecule has 25 heavy (non-hydrogen) atoms. The van der Waals surface area contributed by atoms with Crippen LogP contribution in [0.3, 0.4) is 0 Å². The van der Waals surface area contributed by atoms with Gasteiger partial charge in [0.1, 0.15) is 0 Å². The van der Waals surface area contributed by atoms with Crippen molar-refractivity contribution in [2.24, 2.45) is 0 Å². The van der Waals surface area contributed by atoms with Crippen LogP contribution in [0.5, 0.6) is 0 Å². The molecule has 1 saturated heterocycles. The zero-order chi connectivity index (χ0) is 17.6. The van der Waals surface area contributed by atoms with Crippen molar-refractivity contribution in [1.29, 1.82) is 0 Å². The van der Waals surface area contributed by atoms with E-state index in [0.29, 0.717) is 18.5 Å². The molecule has 2 aromatic rings. The Kier molecular flexibility index (Phi) is 6.09. The van der Waals surface area contributed by atoms with Gasteiger partial charge in [-0.2, -0.15) is 0 Å². The number of fused-ring (bicyclic) bond motifs is 1. The fourth-order valence-corrected chi connectivity index (χ4v) is 3.75. The van der Waals surface area contributed by atoms with Crippen molar-refractivity contribution in [3.05, 3.63) is 48.0 Å². The van der Waals surface area contributed by atoms with Crippen molar-refractivity contribution in [2.45, 2.75) is 58.0 Å². The van der Waals surface area contributed by atoms with Crippen LogP contribution in [0.25, 0.3) is 10.8 Å². The summed E-state index contributed by atoms with van der Waals surface area (Å²) in [6.07, 6.45) is 4.84. The normalized spacial score (nSPS) is 17.5. The highest BCUT2D eigenvalue weighted by Gasteiger charge is 2.24. The number of carbonyl (C=O) groups is 1. The Morgan fingerprint density at radius 3 is 2.60 bits per heavy atom. The molecule has 3 heteroatoms. The summed E-state index contributed by atoms with van der Waals surface area (Å²) < 4.78 is 0. The molecule has 1 N–H and O–H groups in total. The number of carbonyl (C=O) groups excluding carboxylic acids is 1. The third-order valence-electron chi connectivity index (χ3n) is 5.46. The van der Waals surface area contributed by atoms with Gasteiger partial charge in [-0.1, -0.05) is 49.7 Å². The number of benzene rings is 2.